The molecule has 2 aromatic heterocycles. The van der Waals surface area contributed by atoms with Crippen LogP contribution in [-0.4, -0.2) is 5.16 Å². The minimum atomic E-state index is 1.04. The van der Waals surface area contributed by atoms with Gasteiger partial charge in [0.15, 0.2) is 0 Å². The van der Waals surface area contributed by atoms with Gasteiger partial charge >= 0.3 is 0 Å². The van der Waals surface area contributed by atoms with Crippen LogP contribution in [0.5, 0.6) is 0 Å². The summed E-state index contributed by atoms with van der Waals surface area (Å²) in [6, 6.07) is 8.34. The van der Waals surface area contributed by atoms with Crippen molar-refractivity contribution in [2.24, 2.45) is 0 Å². The van der Waals surface area contributed by atoms with Gasteiger partial charge in [0.1, 0.15) is 6.26 Å². The highest BCUT2D eigenvalue weighted by atomic mass is 32.1. The Labute approximate surface area is 84.8 Å². The van der Waals surface area contributed by atoms with Crippen LogP contribution in [0.25, 0.3) is 21.2 Å². The maximum atomic E-state index is 4.84. The van der Waals surface area contributed by atoms with Crippen molar-refractivity contribution in [1.29, 1.82) is 0 Å². The van der Waals surface area contributed by atoms with Crippen molar-refractivity contribution in [2.75, 3.05) is 0 Å². The molecule has 68 valence electrons. The largest absolute Gasteiger partial charge is 0.364 e. The van der Waals surface area contributed by atoms with Gasteiger partial charge in [0.05, 0.1) is 6.20 Å². The zero-order valence-corrected chi connectivity index (χ0v) is 8.12. The van der Waals surface area contributed by atoms with Crippen molar-refractivity contribution in [3.05, 3.63) is 42.1 Å². The lowest BCUT2D eigenvalue weighted by Crippen LogP contribution is -1.69. The van der Waals surface area contributed by atoms with E-state index in [0.717, 1.165) is 5.56 Å². The zero-order chi connectivity index (χ0) is 9.38. The fourth-order valence-corrected chi connectivity index (χ4v) is 2.51. The van der Waals surface area contributed by atoms with Gasteiger partial charge in [-0.05, 0) is 11.4 Å². The molecule has 0 aliphatic heterocycles. The Kier molecular flexibility index (Phi) is 1.64. The molecule has 0 saturated carbocycles. The maximum absolute atomic E-state index is 4.84. The summed E-state index contributed by atoms with van der Waals surface area (Å²) in [5.74, 6) is 0. The number of hydrogen-bond acceptors (Lipinski definition) is 3. The predicted octanol–water partition coefficient (Wildman–Crippen LogP) is 3.56. The van der Waals surface area contributed by atoms with Crippen LogP contribution < -0.4 is 0 Å². The summed E-state index contributed by atoms with van der Waals surface area (Å²) < 4.78 is 6.14. The first-order valence-corrected chi connectivity index (χ1v) is 5.19. The quantitative estimate of drug-likeness (QED) is 0.601. The number of benzene rings is 1. The Hall–Kier alpha value is -1.61. The Balaban J connectivity index is 2.33. The smallest absolute Gasteiger partial charge is 0.131 e. The van der Waals surface area contributed by atoms with E-state index in [0.29, 0.717) is 0 Å². The van der Waals surface area contributed by atoms with Crippen molar-refractivity contribution in [2.45, 2.75) is 0 Å². The van der Waals surface area contributed by atoms with Crippen LogP contribution in [0.15, 0.2) is 46.6 Å². The Bertz CT molecular complexity index is 553. The fraction of sp³-hybridized carbons (Fsp3) is 0. The molecule has 0 aliphatic rings. The monoisotopic (exact) mass is 201 g/mol. The standard InChI is InChI=1S/C11H7NOS/c1-2-4-11-9(3-1)10(7-14-11)8-5-12-13-6-8/h1-7H. The van der Waals surface area contributed by atoms with E-state index >= 15 is 0 Å². The first-order chi connectivity index (χ1) is 6.95. The Morgan fingerprint density at radius 3 is 3.00 bits per heavy atom. The average Bonchev–Trinajstić information content (AvgIpc) is 2.85. The molecule has 3 heteroatoms. The van der Waals surface area contributed by atoms with E-state index in [2.05, 4.69) is 28.7 Å². The van der Waals surface area contributed by atoms with Crippen LogP contribution in [0.3, 0.4) is 0 Å². The number of hydrogen-bond donors (Lipinski definition) is 0. The van der Waals surface area contributed by atoms with Gasteiger partial charge < -0.3 is 4.52 Å². The second kappa shape index (κ2) is 2.96. The molecule has 0 atom stereocenters. The zero-order valence-electron chi connectivity index (χ0n) is 7.31. The highest BCUT2D eigenvalue weighted by Crippen LogP contribution is 2.33. The molecule has 0 fully saturated rings. The molecule has 2 heterocycles. The van der Waals surface area contributed by atoms with Gasteiger partial charge in [0, 0.05) is 21.2 Å². The van der Waals surface area contributed by atoms with Gasteiger partial charge in [-0.3, -0.25) is 0 Å². The van der Waals surface area contributed by atoms with Crippen LogP contribution in [-0.2, 0) is 0 Å². The number of rotatable bonds is 1. The normalized spacial score (nSPS) is 10.9. The van der Waals surface area contributed by atoms with Gasteiger partial charge in [-0.2, -0.15) is 0 Å². The number of thiophene rings is 1. The van der Waals surface area contributed by atoms with Crippen LogP contribution in [0.4, 0.5) is 0 Å². The molecule has 0 spiro atoms. The molecule has 2 nitrogen and oxygen atoms in total. The van der Waals surface area contributed by atoms with E-state index < -0.39 is 0 Å². The predicted molar refractivity (Wildman–Crippen MR) is 57.3 cm³/mol. The van der Waals surface area contributed by atoms with Crippen LogP contribution in [0.2, 0.25) is 0 Å². The van der Waals surface area contributed by atoms with E-state index in [1.807, 2.05) is 6.07 Å². The van der Waals surface area contributed by atoms with E-state index in [9.17, 15) is 0 Å². The summed E-state index contributed by atoms with van der Waals surface area (Å²) in [5, 5.41) is 7.12. The molecule has 0 aliphatic carbocycles. The lowest BCUT2D eigenvalue weighted by Gasteiger charge is -1.92. The van der Waals surface area contributed by atoms with E-state index in [4.69, 9.17) is 4.52 Å². The summed E-state index contributed by atoms with van der Waals surface area (Å²) in [5.41, 5.74) is 2.24. The van der Waals surface area contributed by atoms with Crippen molar-refractivity contribution >= 4 is 21.4 Å². The first-order valence-electron chi connectivity index (χ1n) is 4.31. The summed E-state index contributed by atoms with van der Waals surface area (Å²) in [6.45, 7) is 0. The van der Waals surface area contributed by atoms with E-state index in [1.165, 1.54) is 15.6 Å². The summed E-state index contributed by atoms with van der Waals surface area (Å²) >= 11 is 1.74. The fourth-order valence-electron chi connectivity index (χ4n) is 1.54. The molecular formula is C11H7NOS. The molecule has 3 aromatic rings. The molecule has 0 amide bonds. The van der Waals surface area contributed by atoms with Gasteiger partial charge in [0.25, 0.3) is 0 Å². The minimum absolute atomic E-state index is 1.04. The second-order valence-corrected chi connectivity index (χ2v) is 3.97. The second-order valence-electron chi connectivity index (χ2n) is 3.06. The van der Waals surface area contributed by atoms with Gasteiger partial charge in [0.2, 0.25) is 0 Å². The SMILES string of the molecule is c1ccc2c(-c3cnoc3)csc2c1. The van der Waals surface area contributed by atoms with Gasteiger partial charge in [-0.25, -0.2) is 0 Å². The summed E-state index contributed by atoms with van der Waals surface area (Å²) in [6.07, 6.45) is 3.42. The van der Waals surface area contributed by atoms with Crippen molar-refractivity contribution in [3.8, 4) is 11.1 Å². The lowest BCUT2D eigenvalue weighted by atomic mass is 10.1. The van der Waals surface area contributed by atoms with E-state index in [-0.39, 0.29) is 0 Å². The highest BCUT2D eigenvalue weighted by molar-refractivity contribution is 7.17. The first kappa shape index (κ1) is 7.76. The molecule has 3 rings (SSSR count). The third kappa shape index (κ3) is 1.06. The van der Waals surface area contributed by atoms with Gasteiger partial charge in [-0.1, -0.05) is 23.4 Å². The number of aromatic nitrogens is 1. The van der Waals surface area contributed by atoms with Crippen LogP contribution in [0, 0.1) is 0 Å². The number of fused-ring (bicyclic) bond motifs is 1. The maximum Gasteiger partial charge on any atom is 0.131 e. The van der Waals surface area contributed by atoms with Crippen LogP contribution in [0.1, 0.15) is 0 Å². The third-order valence-electron chi connectivity index (χ3n) is 2.22. The third-order valence-corrected chi connectivity index (χ3v) is 3.19. The minimum Gasteiger partial charge on any atom is -0.364 e. The van der Waals surface area contributed by atoms with Gasteiger partial charge in [-0.15, -0.1) is 11.3 Å². The topological polar surface area (TPSA) is 26.0 Å². The van der Waals surface area contributed by atoms with Crippen molar-refractivity contribution < 1.29 is 4.52 Å². The molecule has 1 aromatic carbocycles. The molecule has 0 N–H and O–H groups in total. The Morgan fingerprint density at radius 2 is 2.14 bits per heavy atom. The average molecular weight is 201 g/mol. The van der Waals surface area contributed by atoms with Crippen molar-refractivity contribution in [1.82, 2.24) is 5.16 Å². The van der Waals surface area contributed by atoms with E-state index in [1.54, 1.807) is 23.8 Å². The van der Waals surface area contributed by atoms with Crippen LogP contribution >= 0.6 is 11.3 Å². The Morgan fingerprint density at radius 1 is 1.21 bits per heavy atom. The molecule has 0 saturated heterocycles. The highest BCUT2D eigenvalue weighted by Gasteiger charge is 2.06. The summed E-state index contributed by atoms with van der Waals surface area (Å²) in [4.78, 5) is 0. The lowest BCUT2D eigenvalue weighted by molar-refractivity contribution is 0.420. The molecule has 0 unspecified atom stereocenters. The molecule has 0 radical (unpaired) electrons. The number of nitrogens with zero attached hydrogens (tertiary/aromatic N) is 1. The molecule has 14 heavy (non-hydrogen) atoms. The van der Waals surface area contributed by atoms with Crippen molar-refractivity contribution in [3.63, 3.8) is 0 Å². The summed E-state index contributed by atoms with van der Waals surface area (Å²) in [7, 11) is 0. The molecular weight excluding hydrogens is 194 g/mol. The molecule has 0 bridgehead atoms.